The van der Waals surface area contributed by atoms with Crippen molar-refractivity contribution in [2.24, 2.45) is 0 Å². The summed E-state index contributed by atoms with van der Waals surface area (Å²) in [4.78, 5) is 28.6. The van der Waals surface area contributed by atoms with Crippen LogP contribution in [0, 0.1) is 0 Å². The first-order valence-corrected chi connectivity index (χ1v) is 8.04. The number of fused-ring (bicyclic) bond motifs is 2. The second-order valence-electron chi connectivity index (χ2n) is 6.16. The third kappa shape index (κ3) is 2.66. The van der Waals surface area contributed by atoms with Crippen LogP contribution >= 0.6 is 11.6 Å². The molecule has 2 heterocycles. The molecule has 6 nitrogen and oxygen atoms in total. The molecular weight excluding hydrogens is 318 g/mol. The number of rotatable bonds is 4. The highest BCUT2D eigenvalue weighted by atomic mass is 35.5. The van der Waals surface area contributed by atoms with Crippen LogP contribution in [0.3, 0.4) is 0 Å². The molecule has 1 atom stereocenters. The van der Waals surface area contributed by atoms with Crippen LogP contribution in [0.1, 0.15) is 18.4 Å². The van der Waals surface area contributed by atoms with Crippen molar-refractivity contribution in [3.8, 4) is 5.75 Å². The molecule has 2 aliphatic rings. The smallest absolute Gasteiger partial charge is 0.325 e. The van der Waals surface area contributed by atoms with Crippen LogP contribution in [0.15, 0.2) is 18.2 Å². The first-order valence-electron chi connectivity index (χ1n) is 7.66. The molecular formula is C16H20ClN3O3. The SMILES string of the molecule is CN(C)CCCN1C(=O)NC2(CCOc3c(Cl)cccc32)C1=O. The lowest BCUT2D eigenvalue weighted by atomic mass is 9.84. The Labute approximate surface area is 140 Å². The summed E-state index contributed by atoms with van der Waals surface area (Å²) in [6.45, 7) is 1.56. The molecule has 23 heavy (non-hydrogen) atoms. The Morgan fingerprint density at radius 3 is 2.91 bits per heavy atom. The van der Waals surface area contributed by atoms with Gasteiger partial charge in [-0.15, -0.1) is 0 Å². The van der Waals surface area contributed by atoms with E-state index in [4.69, 9.17) is 16.3 Å². The molecule has 7 heteroatoms. The van der Waals surface area contributed by atoms with Gasteiger partial charge in [-0.2, -0.15) is 0 Å². The van der Waals surface area contributed by atoms with E-state index in [0.29, 0.717) is 35.9 Å². The molecule has 1 unspecified atom stereocenters. The fourth-order valence-corrected chi connectivity index (χ4v) is 3.39. The maximum atomic E-state index is 13.0. The molecule has 124 valence electrons. The lowest BCUT2D eigenvalue weighted by Gasteiger charge is -2.33. The number of imide groups is 1. The quantitative estimate of drug-likeness (QED) is 0.851. The number of ether oxygens (including phenoxy) is 1. The summed E-state index contributed by atoms with van der Waals surface area (Å²) in [5.41, 5.74) is -0.405. The first kappa shape index (κ1) is 16.1. The Morgan fingerprint density at radius 1 is 1.39 bits per heavy atom. The summed E-state index contributed by atoms with van der Waals surface area (Å²) in [6, 6.07) is 4.94. The molecule has 0 aliphatic carbocycles. The zero-order valence-corrected chi connectivity index (χ0v) is 14.0. The van der Waals surface area contributed by atoms with E-state index in [-0.39, 0.29) is 11.9 Å². The summed E-state index contributed by atoms with van der Waals surface area (Å²) in [5, 5.41) is 3.33. The third-order valence-corrected chi connectivity index (χ3v) is 4.61. The van der Waals surface area contributed by atoms with Crippen LogP contribution in [-0.2, 0) is 10.3 Å². The van der Waals surface area contributed by atoms with Gasteiger partial charge in [0, 0.05) is 18.5 Å². The molecule has 0 aromatic heterocycles. The molecule has 1 N–H and O–H groups in total. The minimum Gasteiger partial charge on any atom is -0.492 e. The van der Waals surface area contributed by atoms with Gasteiger partial charge >= 0.3 is 6.03 Å². The topological polar surface area (TPSA) is 61.9 Å². The van der Waals surface area contributed by atoms with Crippen molar-refractivity contribution in [3.63, 3.8) is 0 Å². The number of para-hydroxylation sites is 1. The van der Waals surface area contributed by atoms with Crippen molar-refractivity contribution in [2.75, 3.05) is 33.8 Å². The minimum absolute atomic E-state index is 0.215. The molecule has 3 amide bonds. The summed E-state index contributed by atoms with van der Waals surface area (Å²) in [5.74, 6) is 0.275. The van der Waals surface area contributed by atoms with Crippen LogP contribution in [0.2, 0.25) is 5.02 Å². The van der Waals surface area contributed by atoms with Crippen LogP contribution in [0.5, 0.6) is 5.75 Å². The number of hydrogen-bond donors (Lipinski definition) is 1. The fraction of sp³-hybridized carbons (Fsp3) is 0.500. The van der Waals surface area contributed by atoms with Gasteiger partial charge in [-0.05, 0) is 33.1 Å². The highest BCUT2D eigenvalue weighted by Crippen LogP contribution is 2.44. The zero-order chi connectivity index (χ0) is 16.6. The standard InChI is InChI=1S/C16H20ClN3O3/c1-19(2)8-4-9-20-14(21)16(18-15(20)22)7-10-23-13-11(16)5-3-6-12(13)17/h3,5-6H,4,7-10H2,1-2H3,(H,18,22). The van der Waals surface area contributed by atoms with Gasteiger partial charge in [0.2, 0.25) is 0 Å². The zero-order valence-electron chi connectivity index (χ0n) is 13.3. The van der Waals surface area contributed by atoms with Gasteiger partial charge in [-0.1, -0.05) is 23.7 Å². The molecule has 1 spiro atoms. The molecule has 1 fully saturated rings. The summed E-state index contributed by atoms with van der Waals surface area (Å²) in [6.07, 6.45) is 1.15. The van der Waals surface area contributed by atoms with Gasteiger partial charge in [-0.3, -0.25) is 9.69 Å². The summed E-state index contributed by atoms with van der Waals surface area (Å²) < 4.78 is 5.61. The Bertz CT molecular complexity index is 649. The van der Waals surface area contributed by atoms with E-state index >= 15 is 0 Å². The molecule has 0 saturated carbocycles. The van der Waals surface area contributed by atoms with Crippen molar-refractivity contribution in [1.82, 2.24) is 15.1 Å². The van der Waals surface area contributed by atoms with Crippen molar-refractivity contribution in [3.05, 3.63) is 28.8 Å². The predicted octanol–water partition coefficient (Wildman–Crippen LogP) is 1.82. The maximum absolute atomic E-state index is 13.0. The van der Waals surface area contributed by atoms with E-state index in [2.05, 4.69) is 5.32 Å². The number of benzene rings is 1. The minimum atomic E-state index is -1.05. The molecule has 0 radical (unpaired) electrons. The van der Waals surface area contributed by atoms with E-state index in [9.17, 15) is 9.59 Å². The van der Waals surface area contributed by atoms with Crippen molar-refractivity contribution < 1.29 is 14.3 Å². The van der Waals surface area contributed by atoms with E-state index in [1.165, 1.54) is 4.90 Å². The van der Waals surface area contributed by atoms with Crippen LogP contribution in [0.25, 0.3) is 0 Å². The lowest BCUT2D eigenvalue weighted by Crippen LogP contribution is -2.47. The molecule has 1 aromatic rings. The third-order valence-electron chi connectivity index (χ3n) is 4.31. The van der Waals surface area contributed by atoms with Crippen molar-refractivity contribution in [1.29, 1.82) is 0 Å². The molecule has 1 saturated heterocycles. The first-order chi connectivity index (χ1) is 11.0. The van der Waals surface area contributed by atoms with Gasteiger partial charge in [0.1, 0.15) is 5.75 Å². The normalized spacial score (nSPS) is 23.2. The van der Waals surface area contributed by atoms with Gasteiger partial charge < -0.3 is 15.0 Å². The molecule has 0 bridgehead atoms. The average molecular weight is 338 g/mol. The second kappa shape index (κ2) is 6.02. The Morgan fingerprint density at radius 2 is 2.17 bits per heavy atom. The molecule has 1 aromatic carbocycles. The number of carbonyl (C=O) groups is 2. The number of urea groups is 1. The number of amides is 3. The van der Waals surface area contributed by atoms with Gasteiger partial charge in [-0.25, -0.2) is 4.79 Å². The molecule has 3 rings (SSSR count). The number of hydrogen-bond acceptors (Lipinski definition) is 4. The number of nitrogens with zero attached hydrogens (tertiary/aromatic N) is 2. The summed E-state index contributed by atoms with van der Waals surface area (Å²) >= 11 is 6.17. The van der Waals surface area contributed by atoms with Crippen LogP contribution < -0.4 is 10.1 Å². The van der Waals surface area contributed by atoms with Crippen LogP contribution in [0.4, 0.5) is 4.79 Å². The van der Waals surface area contributed by atoms with Crippen molar-refractivity contribution >= 4 is 23.5 Å². The van der Waals surface area contributed by atoms with Gasteiger partial charge in [0.25, 0.3) is 5.91 Å². The van der Waals surface area contributed by atoms with Crippen molar-refractivity contribution in [2.45, 2.75) is 18.4 Å². The second-order valence-corrected chi connectivity index (χ2v) is 6.57. The number of halogens is 1. The van der Waals surface area contributed by atoms with E-state index < -0.39 is 5.54 Å². The fourth-order valence-electron chi connectivity index (χ4n) is 3.16. The Hall–Kier alpha value is -1.79. The van der Waals surface area contributed by atoms with E-state index in [0.717, 1.165) is 13.0 Å². The summed E-state index contributed by atoms with van der Waals surface area (Å²) in [7, 11) is 3.92. The predicted molar refractivity (Wildman–Crippen MR) is 86.7 cm³/mol. The van der Waals surface area contributed by atoms with E-state index in [1.54, 1.807) is 18.2 Å². The highest BCUT2D eigenvalue weighted by molar-refractivity contribution is 6.32. The van der Waals surface area contributed by atoms with Gasteiger partial charge in [0.15, 0.2) is 5.54 Å². The average Bonchev–Trinajstić information content (AvgIpc) is 2.73. The van der Waals surface area contributed by atoms with Crippen LogP contribution in [-0.4, -0.2) is 55.5 Å². The monoisotopic (exact) mass is 337 g/mol. The number of nitrogens with one attached hydrogen (secondary N) is 1. The molecule has 2 aliphatic heterocycles. The lowest BCUT2D eigenvalue weighted by molar-refractivity contribution is -0.132. The number of carbonyl (C=O) groups excluding carboxylic acids is 2. The Balaban J connectivity index is 1.89. The highest BCUT2D eigenvalue weighted by Gasteiger charge is 2.54. The maximum Gasteiger partial charge on any atom is 0.325 e. The Kier molecular flexibility index (Phi) is 4.21. The largest absolute Gasteiger partial charge is 0.492 e. The van der Waals surface area contributed by atoms with Gasteiger partial charge in [0.05, 0.1) is 11.6 Å². The van der Waals surface area contributed by atoms with E-state index in [1.807, 2.05) is 19.0 Å².